The van der Waals surface area contributed by atoms with Gasteiger partial charge in [0.1, 0.15) is 0 Å². The molecule has 2 unspecified atom stereocenters. The Bertz CT molecular complexity index is 230. The van der Waals surface area contributed by atoms with E-state index in [0.29, 0.717) is 11.1 Å². The molecule has 0 aromatic rings. The Kier molecular flexibility index (Phi) is 13.8. The lowest BCUT2D eigenvalue weighted by molar-refractivity contribution is 0.242. The van der Waals surface area contributed by atoms with E-state index in [4.69, 9.17) is 17.7 Å². The van der Waals surface area contributed by atoms with E-state index in [1.54, 1.807) is 28.4 Å². The highest BCUT2D eigenvalue weighted by molar-refractivity contribution is 6.46. The summed E-state index contributed by atoms with van der Waals surface area (Å²) in [7, 11) is 6.31. The normalized spacial score (nSPS) is 15.0. The summed E-state index contributed by atoms with van der Waals surface area (Å²) in [6, 6.07) is 0. The number of rotatable bonds is 14. The van der Waals surface area contributed by atoms with Crippen LogP contribution in [0, 0.1) is 0 Å². The second-order valence-electron chi connectivity index (χ2n) is 5.90. The van der Waals surface area contributed by atoms with Crippen LogP contribution in [0.5, 0.6) is 0 Å². The van der Waals surface area contributed by atoms with Gasteiger partial charge in [-0.3, -0.25) is 0 Å². The van der Waals surface area contributed by atoms with Crippen LogP contribution >= 0.6 is 0 Å². The largest absolute Gasteiger partial charge is 0.400 e. The van der Waals surface area contributed by atoms with Crippen LogP contribution in [-0.2, 0) is 17.7 Å². The SMILES string of the molecule is CCC(CCN(C)CCC(CC)[SiH](OC)OC)[SiH](OC)OC. The molecule has 0 rings (SSSR count). The maximum Gasteiger partial charge on any atom is 0.324 e. The Labute approximate surface area is 141 Å². The van der Waals surface area contributed by atoms with E-state index in [2.05, 4.69) is 25.8 Å². The van der Waals surface area contributed by atoms with Gasteiger partial charge >= 0.3 is 18.6 Å². The quantitative estimate of drug-likeness (QED) is 0.449. The average molecular weight is 352 g/mol. The third-order valence-electron chi connectivity index (χ3n) is 4.51. The van der Waals surface area contributed by atoms with Crippen LogP contribution in [0.15, 0.2) is 0 Å². The van der Waals surface area contributed by atoms with Gasteiger partial charge in [0, 0.05) is 39.5 Å². The second-order valence-corrected chi connectivity index (χ2v) is 11.1. The maximum atomic E-state index is 5.53. The number of hydrogen-bond donors (Lipinski definition) is 0. The zero-order valence-electron chi connectivity index (χ0n) is 15.6. The van der Waals surface area contributed by atoms with Crippen molar-refractivity contribution in [2.75, 3.05) is 48.6 Å². The van der Waals surface area contributed by atoms with Crippen molar-refractivity contribution in [3.05, 3.63) is 0 Å². The Morgan fingerprint density at radius 3 is 1.27 bits per heavy atom. The highest BCUT2D eigenvalue weighted by Crippen LogP contribution is 2.23. The predicted octanol–water partition coefficient (Wildman–Crippen LogP) is 2.29. The predicted molar refractivity (Wildman–Crippen MR) is 97.1 cm³/mol. The molecule has 0 aromatic carbocycles. The second kappa shape index (κ2) is 13.7. The van der Waals surface area contributed by atoms with E-state index in [9.17, 15) is 0 Å². The lowest BCUT2D eigenvalue weighted by Crippen LogP contribution is -2.32. The third kappa shape index (κ3) is 8.19. The molecule has 0 amide bonds. The average Bonchev–Trinajstić information content (AvgIpc) is 2.55. The smallest absolute Gasteiger partial charge is 0.324 e. The zero-order chi connectivity index (χ0) is 17.0. The zero-order valence-corrected chi connectivity index (χ0v) is 17.9. The molecule has 0 aliphatic heterocycles. The lowest BCUT2D eigenvalue weighted by Gasteiger charge is -2.26. The molecular weight excluding hydrogens is 314 g/mol. The van der Waals surface area contributed by atoms with Crippen LogP contribution in [0.3, 0.4) is 0 Å². The molecule has 0 aromatic heterocycles. The summed E-state index contributed by atoms with van der Waals surface area (Å²) in [6.45, 7) is 6.64. The van der Waals surface area contributed by atoms with Gasteiger partial charge in [0.25, 0.3) is 0 Å². The Balaban J connectivity index is 4.18. The fraction of sp³-hybridized carbons (Fsp3) is 1.00. The minimum Gasteiger partial charge on any atom is -0.400 e. The van der Waals surface area contributed by atoms with Gasteiger partial charge in [-0.15, -0.1) is 0 Å². The van der Waals surface area contributed by atoms with Crippen molar-refractivity contribution in [3.63, 3.8) is 0 Å². The minimum absolute atomic E-state index is 0.583. The van der Waals surface area contributed by atoms with Crippen LogP contribution in [0.25, 0.3) is 0 Å². The maximum absolute atomic E-state index is 5.53. The topological polar surface area (TPSA) is 40.2 Å². The molecule has 2 atom stereocenters. The van der Waals surface area contributed by atoms with Gasteiger partial charge < -0.3 is 22.6 Å². The monoisotopic (exact) mass is 351 g/mol. The standard InChI is InChI=1S/C15H37NO4Si2/c1-8-14(21(17-4)18-5)10-12-16(3)13-11-15(9-2)22(19-6)20-7/h14-15,21-22H,8-13H2,1-7H3. The van der Waals surface area contributed by atoms with E-state index in [1.165, 1.54) is 0 Å². The molecule has 22 heavy (non-hydrogen) atoms. The summed E-state index contributed by atoms with van der Waals surface area (Å²) < 4.78 is 22.1. The summed E-state index contributed by atoms with van der Waals surface area (Å²) in [4.78, 5) is 2.42. The molecule has 0 heterocycles. The summed E-state index contributed by atoms with van der Waals surface area (Å²) in [6.07, 6.45) is 4.56. The molecule has 0 bridgehead atoms. The fourth-order valence-electron chi connectivity index (χ4n) is 2.91. The van der Waals surface area contributed by atoms with E-state index in [-0.39, 0.29) is 0 Å². The number of nitrogens with zero attached hydrogens (tertiary/aromatic N) is 1. The molecule has 7 heteroatoms. The van der Waals surface area contributed by atoms with Gasteiger partial charge in [-0.25, -0.2) is 0 Å². The van der Waals surface area contributed by atoms with Crippen molar-refractivity contribution in [1.82, 2.24) is 4.90 Å². The summed E-state index contributed by atoms with van der Waals surface area (Å²) in [5.74, 6) is 0. The van der Waals surface area contributed by atoms with Crippen molar-refractivity contribution >= 4 is 18.6 Å². The van der Waals surface area contributed by atoms with E-state index < -0.39 is 18.6 Å². The fourth-order valence-corrected chi connectivity index (χ4v) is 6.45. The Morgan fingerprint density at radius 2 is 1.05 bits per heavy atom. The first-order valence-corrected chi connectivity index (χ1v) is 11.6. The molecule has 0 saturated carbocycles. The molecule has 0 radical (unpaired) electrons. The van der Waals surface area contributed by atoms with Crippen molar-refractivity contribution in [2.45, 2.75) is 50.6 Å². The molecule has 0 fully saturated rings. The van der Waals surface area contributed by atoms with Crippen LogP contribution < -0.4 is 0 Å². The van der Waals surface area contributed by atoms with Gasteiger partial charge in [-0.2, -0.15) is 0 Å². The molecule has 5 nitrogen and oxygen atoms in total. The van der Waals surface area contributed by atoms with Crippen LogP contribution in [-0.4, -0.2) is 72.0 Å². The van der Waals surface area contributed by atoms with Crippen LogP contribution in [0.2, 0.25) is 11.1 Å². The first kappa shape index (κ1) is 22.2. The Hall–Kier alpha value is 0.234. The van der Waals surface area contributed by atoms with Crippen molar-refractivity contribution < 1.29 is 17.7 Å². The highest BCUT2D eigenvalue weighted by atomic mass is 28.3. The van der Waals surface area contributed by atoms with Crippen LogP contribution in [0.4, 0.5) is 0 Å². The van der Waals surface area contributed by atoms with Gasteiger partial charge in [-0.05, 0) is 33.0 Å². The first-order chi connectivity index (χ1) is 10.6. The highest BCUT2D eigenvalue weighted by Gasteiger charge is 2.24. The molecule has 0 saturated heterocycles. The van der Waals surface area contributed by atoms with Gasteiger partial charge in [-0.1, -0.05) is 26.7 Å². The van der Waals surface area contributed by atoms with E-state index >= 15 is 0 Å². The van der Waals surface area contributed by atoms with Gasteiger partial charge in [0.05, 0.1) is 0 Å². The molecular formula is C15H37NO4Si2. The van der Waals surface area contributed by atoms with Gasteiger partial charge in [0.2, 0.25) is 0 Å². The van der Waals surface area contributed by atoms with Crippen molar-refractivity contribution in [1.29, 1.82) is 0 Å². The van der Waals surface area contributed by atoms with Crippen molar-refractivity contribution in [3.8, 4) is 0 Å². The van der Waals surface area contributed by atoms with E-state index in [1.807, 2.05) is 0 Å². The summed E-state index contributed by atoms with van der Waals surface area (Å²) >= 11 is 0. The molecule has 0 N–H and O–H groups in total. The first-order valence-electron chi connectivity index (χ1n) is 8.37. The molecule has 134 valence electrons. The van der Waals surface area contributed by atoms with Gasteiger partial charge in [0.15, 0.2) is 0 Å². The van der Waals surface area contributed by atoms with Crippen molar-refractivity contribution in [2.24, 2.45) is 0 Å². The number of hydrogen-bond acceptors (Lipinski definition) is 5. The molecule has 0 spiro atoms. The summed E-state index contributed by atoms with van der Waals surface area (Å²) in [5, 5.41) is 0. The minimum atomic E-state index is -1.50. The van der Waals surface area contributed by atoms with Crippen LogP contribution in [0.1, 0.15) is 39.5 Å². The Morgan fingerprint density at radius 1 is 0.727 bits per heavy atom. The summed E-state index contributed by atoms with van der Waals surface area (Å²) in [5.41, 5.74) is 1.17. The third-order valence-corrected chi connectivity index (χ3v) is 9.52. The molecule has 0 aliphatic carbocycles. The lowest BCUT2D eigenvalue weighted by atomic mass is 10.2. The molecule has 0 aliphatic rings. The van der Waals surface area contributed by atoms with E-state index in [0.717, 1.165) is 38.8 Å².